The van der Waals surface area contributed by atoms with E-state index < -0.39 is 0 Å². The third-order valence-corrected chi connectivity index (χ3v) is 3.59. The van der Waals surface area contributed by atoms with Gasteiger partial charge in [0.15, 0.2) is 0 Å². The molecule has 1 saturated heterocycles. The van der Waals surface area contributed by atoms with Gasteiger partial charge in [0, 0.05) is 19.1 Å². The maximum Gasteiger partial charge on any atom is 0.0608 e. The molecule has 2 fully saturated rings. The van der Waals surface area contributed by atoms with Crippen LogP contribution in [0.3, 0.4) is 0 Å². The van der Waals surface area contributed by atoms with Gasteiger partial charge in [0.25, 0.3) is 0 Å². The topological polar surface area (TPSA) is 24.5 Å². The molecule has 0 bridgehead atoms. The van der Waals surface area contributed by atoms with Crippen molar-refractivity contribution in [1.29, 1.82) is 0 Å². The minimum absolute atomic E-state index is 0.568. The van der Waals surface area contributed by atoms with Crippen LogP contribution >= 0.6 is 0 Å². The van der Waals surface area contributed by atoms with Gasteiger partial charge in [-0.15, -0.1) is 0 Å². The molecule has 2 unspecified atom stereocenters. The predicted molar refractivity (Wildman–Crippen MR) is 56.9 cm³/mol. The first-order chi connectivity index (χ1) is 6.59. The average molecular weight is 198 g/mol. The number of rotatable bonds is 3. The Morgan fingerprint density at radius 2 is 1.93 bits per heavy atom. The fraction of sp³-hybridized carbons (Fsp3) is 1.00. The number of hydrazine groups is 1. The predicted octanol–water partition coefficient (Wildman–Crippen LogP) is 1.26. The fourth-order valence-electron chi connectivity index (χ4n) is 2.43. The highest BCUT2D eigenvalue weighted by Gasteiger charge is 2.48. The lowest BCUT2D eigenvalue weighted by Crippen LogP contribution is -2.50. The van der Waals surface area contributed by atoms with Gasteiger partial charge in [0.1, 0.15) is 0 Å². The van der Waals surface area contributed by atoms with Crippen LogP contribution in [0.2, 0.25) is 0 Å². The van der Waals surface area contributed by atoms with Crippen LogP contribution in [0.1, 0.15) is 27.2 Å². The van der Waals surface area contributed by atoms with Gasteiger partial charge in [-0.2, -0.15) is 0 Å². The van der Waals surface area contributed by atoms with E-state index in [9.17, 15) is 0 Å². The summed E-state index contributed by atoms with van der Waals surface area (Å²) in [6, 6.07) is 0.614. The summed E-state index contributed by atoms with van der Waals surface area (Å²) in [5.41, 5.74) is 4.16. The quantitative estimate of drug-likeness (QED) is 0.739. The van der Waals surface area contributed by atoms with E-state index in [1.807, 2.05) is 0 Å². The summed E-state index contributed by atoms with van der Waals surface area (Å²) >= 11 is 0. The first kappa shape index (κ1) is 10.4. The van der Waals surface area contributed by atoms with Crippen LogP contribution in [-0.4, -0.2) is 37.4 Å². The summed E-state index contributed by atoms with van der Waals surface area (Å²) in [5.74, 6) is 0.852. The third-order valence-electron chi connectivity index (χ3n) is 3.59. The van der Waals surface area contributed by atoms with Crippen LogP contribution in [0.25, 0.3) is 0 Å². The molecule has 0 aromatic heterocycles. The van der Waals surface area contributed by atoms with Crippen molar-refractivity contribution in [3.8, 4) is 0 Å². The molecule has 0 aromatic rings. The molecule has 82 valence electrons. The molecule has 1 aliphatic carbocycles. The van der Waals surface area contributed by atoms with E-state index in [1.54, 1.807) is 0 Å². The van der Waals surface area contributed by atoms with Gasteiger partial charge >= 0.3 is 0 Å². The molecule has 3 heteroatoms. The Morgan fingerprint density at radius 3 is 2.43 bits per heavy atom. The van der Waals surface area contributed by atoms with E-state index in [1.165, 1.54) is 6.42 Å². The minimum atomic E-state index is 0.568. The lowest BCUT2D eigenvalue weighted by Gasteiger charge is -2.30. The molecular formula is C11H22N2O. The molecule has 1 saturated carbocycles. The molecule has 14 heavy (non-hydrogen) atoms. The van der Waals surface area contributed by atoms with Gasteiger partial charge in [0.2, 0.25) is 0 Å². The lowest BCUT2D eigenvalue weighted by atomic mass is 10.1. The molecule has 0 spiro atoms. The SMILES string of the molecule is CC(NN1CCOCC1)C1CC1(C)C. The van der Waals surface area contributed by atoms with Gasteiger partial charge in [-0.05, 0) is 24.7 Å². The Labute approximate surface area is 86.8 Å². The summed E-state index contributed by atoms with van der Waals surface area (Å²) in [5, 5.41) is 2.31. The molecule has 2 rings (SSSR count). The number of hydrogen-bond acceptors (Lipinski definition) is 3. The molecular weight excluding hydrogens is 176 g/mol. The first-order valence-corrected chi connectivity index (χ1v) is 5.68. The molecule has 0 radical (unpaired) electrons. The van der Waals surface area contributed by atoms with E-state index >= 15 is 0 Å². The Bertz CT molecular complexity index is 199. The van der Waals surface area contributed by atoms with Crippen molar-refractivity contribution >= 4 is 0 Å². The van der Waals surface area contributed by atoms with Crippen molar-refractivity contribution in [3.05, 3.63) is 0 Å². The Kier molecular flexibility index (Phi) is 2.82. The van der Waals surface area contributed by atoms with Crippen molar-refractivity contribution in [2.24, 2.45) is 11.3 Å². The smallest absolute Gasteiger partial charge is 0.0608 e. The van der Waals surface area contributed by atoms with E-state index in [4.69, 9.17) is 4.74 Å². The highest BCUT2D eigenvalue weighted by atomic mass is 16.5. The maximum atomic E-state index is 5.32. The highest BCUT2D eigenvalue weighted by molar-refractivity contribution is 5.00. The molecule has 0 amide bonds. The van der Waals surface area contributed by atoms with Crippen LogP contribution in [0.4, 0.5) is 0 Å². The third kappa shape index (κ3) is 2.27. The summed E-state index contributed by atoms with van der Waals surface area (Å²) < 4.78 is 5.32. The second-order valence-electron chi connectivity index (χ2n) is 5.32. The van der Waals surface area contributed by atoms with E-state index in [0.717, 1.165) is 32.2 Å². The lowest BCUT2D eigenvalue weighted by molar-refractivity contribution is 0.00236. The van der Waals surface area contributed by atoms with Gasteiger partial charge in [-0.1, -0.05) is 13.8 Å². The monoisotopic (exact) mass is 198 g/mol. The number of ether oxygens (including phenoxy) is 1. The van der Waals surface area contributed by atoms with Crippen molar-refractivity contribution < 1.29 is 4.74 Å². The molecule has 3 nitrogen and oxygen atoms in total. The second kappa shape index (κ2) is 3.80. The number of hydrogen-bond donors (Lipinski definition) is 1. The second-order valence-corrected chi connectivity index (χ2v) is 5.32. The summed E-state index contributed by atoms with van der Waals surface area (Å²) in [4.78, 5) is 0. The van der Waals surface area contributed by atoms with Crippen LogP contribution in [0.15, 0.2) is 0 Å². The van der Waals surface area contributed by atoms with Crippen molar-refractivity contribution in [2.75, 3.05) is 26.3 Å². The number of nitrogens with zero attached hydrogens (tertiary/aromatic N) is 1. The number of nitrogens with one attached hydrogen (secondary N) is 1. The van der Waals surface area contributed by atoms with Crippen molar-refractivity contribution in [3.63, 3.8) is 0 Å². The van der Waals surface area contributed by atoms with E-state index in [2.05, 4.69) is 31.2 Å². The Hall–Kier alpha value is -0.120. The zero-order valence-electron chi connectivity index (χ0n) is 9.55. The zero-order valence-corrected chi connectivity index (χ0v) is 9.55. The molecule has 2 aliphatic rings. The largest absolute Gasteiger partial charge is 0.379 e. The van der Waals surface area contributed by atoms with Crippen LogP contribution < -0.4 is 5.43 Å². The van der Waals surface area contributed by atoms with Crippen LogP contribution in [0.5, 0.6) is 0 Å². The molecule has 1 N–H and O–H groups in total. The summed E-state index contributed by atoms with van der Waals surface area (Å²) in [6.45, 7) is 10.8. The van der Waals surface area contributed by atoms with Crippen molar-refractivity contribution in [2.45, 2.75) is 33.2 Å². The first-order valence-electron chi connectivity index (χ1n) is 5.68. The van der Waals surface area contributed by atoms with Gasteiger partial charge in [-0.3, -0.25) is 5.43 Å². The van der Waals surface area contributed by atoms with Gasteiger partial charge in [0.05, 0.1) is 13.2 Å². The minimum Gasteiger partial charge on any atom is -0.379 e. The zero-order chi connectivity index (χ0) is 10.2. The average Bonchev–Trinajstić information content (AvgIpc) is 2.77. The normalized spacial score (nSPS) is 34.1. The number of morpholine rings is 1. The van der Waals surface area contributed by atoms with Gasteiger partial charge < -0.3 is 4.74 Å². The summed E-state index contributed by atoms with van der Waals surface area (Å²) in [7, 11) is 0. The molecule has 0 aromatic carbocycles. The van der Waals surface area contributed by atoms with Crippen LogP contribution in [0, 0.1) is 11.3 Å². The molecule has 1 heterocycles. The van der Waals surface area contributed by atoms with E-state index in [-0.39, 0.29) is 0 Å². The maximum absolute atomic E-state index is 5.32. The fourth-order valence-corrected chi connectivity index (χ4v) is 2.43. The Balaban J connectivity index is 1.74. The summed E-state index contributed by atoms with van der Waals surface area (Å²) in [6.07, 6.45) is 1.37. The molecule has 1 aliphatic heterocycles. The van der Waals surface area contributed by atoms with E-state index in [0.29, 0.717) is 11.5 Å². The van der Waals surface area contributed by atoms with Crippen LogP contribution in [-0.2, 0) is 4.74 Å². The van der Waals surface area contributed by atoms with Gasteiger partial charge in [-0.25, -0.2) is 5.01 Å². The standard InChI is InChI=1S/C11H22N2O/c1-9(10-8-11(10,2)3)12-13-4-6-14-7-5-13/h9-10,12H,4-8H2,1-3H3. The molecule has 2 atom stereocenters. The Morgan fingerprint density at radius 1 is 1.36 bits per heavy atom. The highest BCUT2D eigenvalue weighted by Crippen LogP contribution is 2.53. The van der Waals surface area contributed by atoms with Crippen molar-refractivity contribution in [1.82, 2.24) is 10.4 Å².